The van der Waals surface area contributed by atoms with Gasteiger partial charge in [-0.3, -0.25) is 10.2 Å². The molecule has 1 unspecified atom stereocenters. The monoisotopic (exact) mass is 553 g/mol. The van der Waals surface area contributed by atoms with E-state index in [4.69, 9.17) is 15.9 Å². The molecule has 0 aliphatic carbocycles. The van der Waals surface area contributed by atoms with Gasteiger partial charge in [-0.2, -0.15) is 5.26 Å². The summed E-state index contributed by atoms with van der Waals surface area (Å²) in [5.74, 6) is 1.72. The van der Waals surface area contributed by atoms with Gasteiger partial charge in [-0.1, -0.05) is 58.9 Å². The molecule has 3 aromatic rings. The quantitative estimate of drug-likeness (QED) is 0.180. The van der Waals surface area contributed by atoms with Crippen molar-refractivity contribution in [3.63, 3.8) is 0 Å². The van der Waals surface area contributed by atoms with Gasteiger partial charge in [0.25, 0.3) is 5.91 Å². The van der Waals surface area contributed by atoms with Crippen molar-refractivity contribution in [2.75, 3.05) is 24.1 Å². The predicted octanol–water partition coefficient (Wildman–Crippen LogP) is 6.19. The first-order valence-corrected chi connectivity index (χ1v) is 13.9. The number of nitrogens with zero attached hydrogens (tertiary/aromatic N) is 4. The highest BCUT2D eigenvalue weighted by molar-refractivity contribution is 6.16. The number of hydrogen-bond donors (Lipinski definition) is 3. The summed E-state index contributed by atoms with van der Waals surface area (Å²) in [5.41, 5.74) is 7.28. The number of likely N-dealkylation sites (tertiary alicyclic amines) is 1. The van der Waals surface area contributed by atoms with E-state index < -0.39 is 0 Å². The molecule has 1 saturated heterocycles. The summed E-state index contributed by atoms with van der Waals surface area (Å²) >= 11 is 0. The van der Waals surface area contributed by atoms with E-state index in [1.54, 1.807) is 35.2 Å². The number of nitrogen functional groups attached to an aromatic ring is 1. The molecule has 1 aromatic heterocycles. The van der Waals surface area contributed by atoms with Gasteiger partial charge in [-0.15, -0.1) is 0 Å². The molecule has 0 spiro atoms. The lowest BCUT2D eigenvalue weighted by Crippen LogP contribution is -2.46. The van der Waals surface area contributed by atoms with Crippen molar-refractivity contribution in [3.05, 3.63) is 83.7 Å². The van der Waals surface area contributed by atoms with Gasteiger partial charge in [-0.05, 0) is 54.7 Å². The number of carbonyl (C=O) groups excluding carboxylic acids is 1. The summed E-state index contributed by atoms with van der Waals surface area (Å²) in [5, 5.41) is 21.8. The van der Waals surface area contributed by atoms with Gasteiger partial charge in [0.1, 0.15) is 41.1 Å². The molecular formula is C32H39N7O2. The predicted molar refractivity (Wildman–Crippen MR) is 163 cm³/mol. The molecule has 2 heterocycles. The van der Waals surface area contributed by atoms with Crippen LogP contribution in [0.5, 0.6) is 11.5 Å². The first kappa shape index (κ1) is 30.8. The third kappa shape index (κ3) is 8.39. The Morgan fingerprint density at radius 3 is 2.41 bits per heavy atom. The zero-order valence-electron chi connectivity index (χ0n) is 24.4. The van der Waals surface area contributed by atoms with Crippen LogP contribution in [0.2, 0.25) is 0 Å². The Hall–Kier alpha value is -4.71. The van der Waals surface area contributed by atoms with Crippen LogP contribution in [-0.4, -0.2) is 45.6 Å². The fourth-order valence-corrected chi connectivity index (χ4v) is 4.43. The Morgan fingerprint density at radius 2 is 1.78 bits per heavy atom. The molecule has 0 saturated carbocycles. The van der Waals surface area contributed by atoms with Crippen LogP contribution in [0.25, 0.3) is 0 Å². The average molecular weight is 554 g/mol. The summed E-state index contributed by atoms with van der Waals surface area (Å²) in [6, 6.07) is 18.6. The van der Waals surface area contributed by atoms with E-state index in [1.807, 2.05) is 65.0 Å². The fourth-order valence-electron chi connectivity index (χ4n) is 4.43. The van der Waals surface area contributed by atoms with Crippen molar-refractivity contribution >= 4 is 23.3 Å². The highest BCUT2D eigenvalue weighted by Gasteiger charge is 2.28. The lowest BCUT2D eigenvalue weighted by atomic mass is 9.93. The number of carbonyl (C=O) groups is 1. The number of nitrogens with two attached hydrogens (primary N) is 1. The standard InChI is InChI=1S/C30H33N7O2.C2H6/c1-30(2,3)16-21(17-31)29(38)37-15-7-8-22(18-37)36-28-25(27(33)34-19-35-28)26(32)20-11-13-24(14-12-20)39-23-9-5-4-6-10-23;1-2/h4-6,9-14,16,19,22,32H,7-8,15,18H2,1-3H3,(H3,33,34,35,36);1-2H3/b21-16+,32-26?;. The summed E-state index contributed by atoms with van der Waals surface area (Å²) in [6.45, 7) is 10.9. The minimum absolute atomic E-state index is 0.125. The van der Waals surface area contributed by atoms with E-state index in [0.717, 1.165) is 18.6 Å². The van der Waals surface area contributed by atoms with E-state index in [0.29, 0.717) is 35.8 Å². The lowest BCUT2D eigenvalue weighted by Gasteiger charge is -2.34. The van der Waals surface area contributed by atoms with Crippen LogP contribution >= 0.6 is 0 Å². The molecule has 0 radical (unpaired) electrons. The third-order valence-corrected chi connectivity index (χ3v) is 6.23. The van der Waals surface area contributed by atoms with Crippen molar-refractivity contribution in [3.8, 4) is 17.6 Å². The van der Waals surface area contributed by atoms with E-state index >= 15 is 0 Å². The third-order valence-electron chi connectivity index (χ3n) is 6.23. The van der Waals surface area contributed by atoms with Crippen LogP contribution in [-0.2, 0) is 4.79 Å². The minimum Gasteiger partial charge on any atom is -0.457 e. The molecule has 41 heavy (non-hydrogen) atoms. The first-order valence-electron chi connectivity index (χ1n) is 13.9. The Morgan fingerprint density at radius 1 is 1.12 bits per heavy atom. The summed E-state index contributed by atoms with van der Waals surface area (Å²) in [7, 11) is 0. The Kier molecular flexibility index (Phi) is 10.6. The normalized spacial score (nSPS) is 15.2. The zero-order chi connectivity index (χ0) is 30.0. The van der Waals surface area contributed by atoms with Crippen molar-refractivity contribution in [1.82, 2.24) is 14.9 Å². The number of benzene rings is 2. The van der Waals surface area contributed by atoms with E-state index in [9.17, 15) is 10.1 Å². The second-order valence-corrected chi connectivity index (χ2v) is 10.6. The average Bonchev–Trinajstić information content (AvgIpc) is 2.97. The number of para-hydroxylation sites is 1. The van der Waals surface area contributed by atoms with Gasteiger partial charge in [-0.25, -0.2) is 9.97 Å². The summed E-state index contributed by atoms with van der Waals surface area (Å²) in [6.07, 6.45) is 4.65. The summed E-state index contributed by atoms with van der Waals surface area (Å²) in [4.78, 5) is 23.3. The molecule has 4 rings (SSSR count). The number of ether oxygens (including phenoxy) is 1. The van der Waals surface area contributed by atoms with Crippen LogP contribution < -0.4 is 15.8 Å². The Balaban J connectivity index is 0.00000226. The molecule has 0 bridgehead atoms. The van der Waals surface area contributed by atoms with Gasteiger partial charge < -0.3 is 20.7 Å². The maximum Gasteiger partial charge on any atom is 0.264 e. The van der Waals surface area contributed by atoms with Crippen LogP contribution in [0, 0.1) is 22.2 Å². The fraction of sp³-hybridized carbons (Fsp3) is 0.344. The second-order valence-electron chi connectivity index (χ2n) is 10.6. The van der Waals surface area contributed by atoms with Crippen LogP contribution in [0.4, 0.5) is 11.6 Å². The maximum atomic E-state index is 13.1. The van der Waals surface area contributed by atoms with Crippen LogP contribution in [0.3, 0.4) is 0 Å². The van der Waals surface area contributed by atoms with Crippen molar-refractivity contribution in [2.24, 2.45) is 5.41 Å². The van der Waals surface area contributed by atoms with Gasteiger partial charge in [0.15, 0.2) is 0 Å². The van der Waals surface area contributed by atoms with Crippen molar-refractivity contribution in [2.45, 2.75) is 53.5 Å². The first-order chi connectivity index (χ1) is 19.6. The second kappa shape index (κ2) is 14.1. The number of nitrogens with one attached hydrogen (secondary N) is 2. The molecular weight excluding hydrogens is 514 g/mol. The SMILES string of the molecule is CC.CC(C)(C)/C=C(\C#N)C(=O)N1CCCC(Nc2ncnc(N)c2C(=N)c2ccc(Oc3ccccc3)cc2)C1. The van der Waals surface area contributed by atoms with Crippen LogP contribution in [0.1, 0.15) is 58.6 Å². The molecule has 9 heteroatoms. The number of allylic oxidation sites excluding steroid dienone is 1. The van der Waals surface area contributed by atoms with Crippen molar-refractivity contribution < 1.29 is 9.53 Å². The van der Waals surface area contributed by atoms with E-state index in [2.05, 4.69) is 21.4 Å². The van der Waals surface area contributed by atoms with Gasteiger partial charge in [0, 0.05) is 24.7 Å². The molecule has 1 aliphatic rings. The highest BCUT2D eigenvalue weighted by Crippen LogP contribution is 2.27. The number of rotatable bonds is 7. The number of nitriles is 1. The molecule has 214 valence electrons. The van der Waals surface area contributed by atoms with E-state index in [1.165, 1.54) is 6.33 Å². The van der Waals surface area contributed by atoms with Crippen molar-refractivity contribution in [1.29, 1.82) is 10.7 Å². The number of anilines is 2. The molecule has 1 amide bonds. The van der Waals surface area contributed by atoms with Gasteiger partial charge >= 0.3 is 0 Å². The molecule has 1 fully saturated rings. The maximum absolute atomic E-state index is 13.1. The minimum atomic E-state index is -0.284. The number of amides is 1. The Bertz CT molecular complexity index is 1400. The largest absolute Gasteiger partial charge is 0.457 e. The number of hydrogen-bond acceptors (Lipinski definition) is 8. The van der Waals surface area contributed by atoms with E-state index in [-0.39, 0.29) is 34.5 Å². The molecule has 9 nitrogen and oxygen atoms in total. The van der Waals surface area contributed by atoms with Gasteiger partial charge in [0.05, 0.1) is 11.3 Å². The van der Waals surface area contributed by atoms with Crippen LogP contribution in [0.15, 0.2) is 72.6 Å². The highest BCUT2D eigenvalue weighted by atomic mass is 16.5. The summed E-state index contributed by atoms with van der Waals surface area (Å²) < 4.78 is 5.86. The molecule has 4 N–H and O–H groups in total. The zero-order valence-corrected chi connectivity index (χ0v) is 24.4. The lowest BCUT2D eigenvalue weighted by molar-refractivity contribution is -0.127. The smallest absolute Gasteiger partial charge is 0.264 e. The number of aromatic nitrogens is 2. The Labute approximate surface area is 242 Å². The van der Waals surface area contributed by atoms with Gasteiger partial charge in [0.2, 0.25) is 0 Å². The topological polar surface area (TPSA) is 141 Å². The molecule has 2 aromatic carbocycles. The number of piperidine rings is 1. The molecule has 1 aliphatic heterocycles. The molecule has 1 atom stereocenters.